The maximum atomic E-state index is 12.9. The van der Waals surface area contributed by atoms with Gasteiger partial charge in [-0.05, 0) is 62.7 Å². The fourth-order valence-electron chi connectivity index (χ4n) is 3.22. The Hall–Kier alpha value is -3.68. The monoisotopic (exact) mass is 423 g/mol. The minimum Gasteiger partial charge on any atom is -0.494 e. The van der Waals surface area contributed by atoms with E-state index in [9.17, 15) is 19.2 Å². The molecule has 0 spiro atoms. The number of rotatable bonds is 8. The lowest BCUT2D eigenvalue weighted by molar-refractivity contribution is -0.122. The van der Waals surface area contributed by atoms with Crippen LogP contribution in [0.3, 0.4) is 0 Å². The van der Waals surface area contributed by atoms with E-state index in [0.717, 1.165) is 11.3 Å². The lowest BCUT2D eigenvalue weighted by atomic mass is 10.0. The molecule has 1 heterocycles. The number of hydrogen-bond acceptors (Lipinski definition) is 5. The van der Waals surface area contributed by atoms with E-state index in [4.69, 9.17) is 4.74 Å². The van der Waals surface area contributed by atoms with Crippen molar-refractivity contribution in [2.24, 2.45) is 0 Å². The van der Waals surface area contributed by atoms with Crippen LogP contribution < -0.4 is 20.3 Å². The number of carbonyl (C=O) groups is 4. The Morgan fingerprint density at radius 3 is 2.32 bits per heavy atom. The lowest BCUT2D eigenvalue weighted by Gasteiger charge is -2.14. The zero-order chi connectivity index (χ0) is 22.5. The third kappa shape index (κ3) is 4.58. The Balaban J connectivity index is 1.77. The van der Waals surface area contributed by atoms with Gasteiger partial charge in [0.1, 0.15) is 11.8 Å². The minimum absolute atomic E-state index is 0.148. The molecule has 162 valence electrons. The first-order chi connectivity index (χ1) is 14.9. The average molecular weight is 423 g/mol. The highest BCUT2D eigenvalue weighted by atomic mass is 16.5. The fourth-order valence-corrected chi connectivity index (χ4v) is 3.22. The number of hydrogen-bond donors (Lipinski definition) is 2. The van der Waals surface area contributed by atoms with Crippen LogP contribution in [0.15, 0.2) is 42.5 Å². The first kappa shape index (κ1) is 22.0. The Morgan fingerprint density at radius 2 is 1.68 bits per heavy atom. The van der Waals surface area contributed by atoms with Gasteiger partial charge in [-0.3, -0.25) is 19.2 Å². The van der Waals surface area contributed by atoms with Crippen LogP contribution >= 0.6 is 0 Å². The highest BCUT2D eigenvalue weighted by Gasteiger charge is 2.37. The number of imide groups is 1. The quantitative estimate of drug-likeness (QED) is 0.635. The Labute approximate surface area is 180 Å². The fraction of sp³-hybridized carbons (Fsp3) is 0.304. The summed E-state index contributed by atoms with van der Waals surface area (Å²) in [6, 6.07) is 10.2. The van der Waals surface area contributed by atoms with E-state index in [-0.39, 0.29) is 22.6 Å². The lowest BCUT2D eigenvalue weighted by Crippen LogP contribution is -2.45. The number of nitrogens with zero attached hydrogens (tertiary/aromatic N) is 1. The van der Waals surface area contributed by atoms with Crippen molar-refractivity contribution in [3.8, 4) is 5.75 Å². The molecule has 0 saturated heterocycles. The zero-order valence-electron chi connectivity index (χ0n) is 17.7. The average Bonchev–Trinajstić information content (AvgIpc) is 3.02. The minimum atomic E-state index is -0.731. The molecule has 8 nitrogen and oxygen atoms in total. The van der Waals surface area contributed by atoms with E-state index >= 15 is 0 Å². The van der Waals surface area contributed by atoms with Gasteiger partial charge in [-0.1, -0.05) is 6.92 Å². The summed E-state index contributed by atoms with van der Waals surface area (Å²) in [5.74, 6) is -1.11. The standard InChI is InChI=1S/C23H25N3O5/c1-4-12-24-20(27)14(3)25-21(28)15-6-11-18-19(13-15)23(30)26(22(18)29)16-7-9-17(10-8-16)31-5-2/h6-11,13-14H,4-5,12H2,1-3H3,(H,24,27)(H,25,28)/t14-/m1/s1. The third-order valence-electron chi connectivity index (χ3n) is 4.84. The molecule has 3 rings (SSSR count). The Kier molecular flexibility index (Phi) is 6.69. The van der Waals surface area contributed by atoms with E-state index in [1.807, 2.05) is 13.8 Å². The summed E-state index contributed by atoms with van der Waals surface area (Å²) in [5, 5.41) is 5.32. The van der Waals surface area contributed by atoms with Crippen LogP contribution in [0.1, 0.15) is 58.3 Å². The maximum Gasteiger partial charge on any atom is 0.266 e. The second kappa shape index (κ2) is 9.42. The summed E-state index contributed by atoms with van der Waals surface area (Å²) < 4.78 is 5.39. The second-order valence-corrected chi connectivity index (χ2v) is 7.12. The van der Waals surface area contributed by atoms with Crippen molar-refractivity contribution in [2.45, 2.75) is 33.2 Å². The van der Waals surface area contributed by atoms with Gasteiger partial charge in [-0.15, -0.1) is 0 Å². The third-order valence-corrected chi connectivity index (χ3v) is 4.84. The van der Waals surface area contributed by atoms with Gasteiger partial charge in [0.25, 0.3) is 17.7 Å². The van der Waals surface area contributed by atoms with Gasteiger partial charge in [0.05, 0.1) is 23.4 Å². The molecule has 31 heavy (non-hydrogen) atoms. The van der Waals surface area contributed by atoms with Crippen molar-refractivity contribution in [1.29, 1.82) is 0 Å². The van der Waals surface area contributed by atoms with Crippen LogP contribution in [0.5, 0.6) is 5.75 Å². The molecule has 0 saturated carbocycles. The molecule has 4 amide bonds. The topological polar surface area (TPSA) is 105 Å². The molecule has 8 heteroatoms. The van der Waals surface area contributed by atoms with Crippen molar-refractivity contribution in [3.63, 3.8) is 0 Å². The van der Waals surface area contributed by atoms with E-state index in [1.54, 1.807) is 31.2 Å². The molecule has 1 aliphatic rings. The van der Waals surface area contributed by atoms with Crippen molar-refractivity contribution < 1.29 is 23.9 Å². The largest absolute Gasteiger partial charge is 0.494 e. The van der Waals surface area contributed by atoms with E-state index < -0.39 is 23.8 Å². The molecule has 0 fully saturated rings. The number of ether oxygens (including phenoxy) is 1. The van der Waals surface area contributed by atoms with Crippen molar-refractivity contribution >= 4 is 29.3 Å². The summed E-state index contributed by atoms with van der Waals surface area (Å²) >= 11 is 0. The molecule has 1 atom stereocenters. The molecule has 1 aliphatic heterocycles. The van der Waals surface area contributed by atoms with E-state index in [2.05, 4.69) is 10.6 Å². The molecular formula is C23H25N3O5. The molecule has 0 radical (unpaired) electrons. The zero-order valence-corrected chi connectivity index (χ0v) is 17.7. The van der Waals surface area contributed by atoms with Gasteiger partial charge in [0.15, 0.2) is 0 Å². The van der Waals surface area contributed by atoms with Gasteiger partial charge in [0.2, 0.25) is 5.91 Å². The predicted octanol–water partition coefficient (Wildman–Crippen LogP) is 2.53. The molecule has 2 aromatic rings. The van der Waals surface area contributed by atoms with Gasteiger partial charge < -0.3 is 15.4 Å². The molecule has 0 aliphatic carbocycles. The van der Waals surface area contributed by atoms with Crippen LogP contribution in [-0.4, -0.2) is 42.8 Å². The number of nitrogens with one attached hydrogen (secondary N) is 2. The second-order valence-electron chi connectivity index (χ2n) is 7.12. The number of benzene rings is 2. The van der Waals surface area contributed by atoms with Crippen LogP contribution in [0.25, 0.3) is 0 Å². The summed E-state index contributed by atoms with van der Waals surface area (Å²) in [6.45, 7) is 6.41. The summed E-state index contributed by atoms with van der Waals surface area (Å²) in [7, 11) is 0. The van der Waals surface area contributed by atoms with Gasteiger partial charge in [-0.2, -0.15) is 0 Å². The summed E-state index contributed by atoms with van der Waals surface area (Å²) in [4.78, 5) is 51.3. The van der Waals surface area contributed by atoms with Gasteiger partial charge in [0, 0.05) is 12.1 Å². The van der Waals surface area contributed by atoms with Crippen LogP contribution in [0.4, 0.5) is 5.69 Å². The number of amides is 4. The molecule has 2 N–H and O–H groups in total. The van der Waals surface area contributed by atoms with E-state index in [0.29, 0.717) is 24.6 Å². The van der Waals surface area contributed by atoms with Crippen LogP contribution in [0.2, 0.25) is 0 Å². The van der Waals surface area contributed by atoms with Crippen molar-refractivity contribution in [3.05, 3.63) is 59.2 Å². The van der Waals surface area contributed by atoms with Crippen molar-refractivity contribution in [1.82, 2.24) is 10.6 Å². The van der Waals surface area contributed by atoms with E-state index in [1.165, 1.54) is 18.2 Å². The highest BCUT2D eigenvalue weighted by Crippen LogP contribution is 2.30. The Bertz CT molecular complexity index is 1020. The first-order valence-electron chi connectivity index (χ1n) is 10.2. The normalized spacial score (nSPS) is 13.6. The molecule has 0 unspecified atom stereocenters. The molecular weight excluding hydrogens is 398 g/mol. The van der Waals surface area contributed by atoms with Gasteiger partial charge >= 0.3 is 0 Å². The van der Waals surface area contributed by atoms with Gasteiger partial charge in [-0.25, -0.2) is 4.90 Å². The first-order valence-corrected chi connectivity index (χ1v) is 10.2. The van der Waals surface area contributed by atoms with Crippen molar-refractivity contribution in [2.75, 3.05) is 18.1 Å². The highest BCUT2D eigenvalue weighted by molar-refractivity contribution is 6.34. The smallest absolute Gasteiger partial charge is 0.266 e. The summed E-state index contributed by atoms with van der Waals surface area (Å²) in [6.07, 6.45) is 0.790. The number of fused-ring (bicyclic) bond motifs is 1. The summed E-state index contributed by atoms with van der Waals surface area (Å²) in [5.41, 5.74) is 0.990. The van der Waals surface area contributed by atoms with Crippen LogP contribution in [0, 0.1) is 0 Å². The molecule has 2 aromatic carbocycles. The number of anilines is 1. The molecule has 0 aromatic heterocycles. The van der Waals surface area contributed by atoms with Crippen LogP contribution in [-0.2, 0) is 4.79 Å². The predicted molar refractivity (Wildman–Crippen MR) is 115 cm³/mol. The SMILES string of the molecule is CCCNC(=O)[C@@H](C)NC(=O)c1ccc2c(c1)C(=O)N(c1ccc(OCC)cc1)C2=O. The molecule has 0 bridgehead atoms. The number of carbonyl (C=O) groups excluding carboxylic acids is 4. The Morgan fingerprint density at radius 1 is 1.00 bits per heavy atom. The maximum absolute atomic E-state index is 12.9.